The van der Waals surface area contributed by atoms with Gasteiger partial charge in [0.25, 0.3) is 5.91 Å². The number of ether oxygens (including phenoxy) is 1. The number of hydrogen-bond donors (Lipinski definition) is 3. The molecule has 4 N–H and O–H groups in total. The SMILES string of the molecule is CCCNC(=O)C(C)NC(=O)COc1ccc(N)cc1. The number of carbonyl (C=O) groups is 2. The molecular weight excluding hydrogens is 258 g/mol. The molecule has 2 amide bonds. The topological polar surface area (TPSA) is 93.5 Å². The fraction of sp³-hybridized carbons (Fsp3) is 0.429. The first-order chi connectivity index (χ1) is 9.52. The molecule has 1 aromatic carbocycles. The summed E-state index contributed by atoms with van der Waals surface area (Å²) in [5.74, 6) is 0.00564. The summed E-state index contributed by atoms with van der Waals surface area (Å²) in [6.45, 7) is 4.05. The highest BCUT2D eigenvalue weighted by Gasteiger charge is 2.14. The molecule has 0 bridgehead atoms. The molecule has 0 saturated carbocycles. The molecule has 0 aromatic heterocycles. The molecule has 1 rings (SSSR count). The van der Waals surface area contributed by atoms with E-state index in [1.807, 2.05) is 6.92 Å². The van der Waals surface area contributed by atoms with E-state index >= 15 is 0 Å². The van der Waals surface area contributed by atoms with Gasteiger partial charge in [-0.05, 0) is 37.6 Å². The van der Waals surface area contributed by atoms with E-state index in [1.165, 1.54) is 0 Å². The Kier molecular flexibility index (Phi) is 6.36. The van der Waals surface area contributed by atoms with E-state index in [0.29, 0.717) is 18.0 Å². The third-order valence-corrected chi connectivity index (χ3v) is 2.57. The molecule has 20 heavy (non-hydrogen) atoms. The number of rotatable bonds is 7. The highest BCUT2D eigenvalue weighted by atomic mass is 16.5. The second kappa shape index (κ2) is 8.04. The summed E-state index contributed by atoms with van der Waals surface area (Å²) in [7, 11) is 0. The number of anilines is 1. The van der Waals surface area contributed by atoms with Gasteiger partial charge in [-0.3, -0.25) is 9.59 Å². The van der Waals surface area contributed by atoms with Crippen molar-refractivity contribution in [2.75, 3.05) is 18.9 Å². The monoisotopic (exact) mass is 279 g/mol. The maximum Gasteiger partial charge on any atom is 0.258 e. The van der Waals surface area contributed by atoms with Crippen molar-refractivity contribution in [2.24, 2.45) is 0 Å². The lowest BCUT2D eigenvalue weighted by atomic mass is 10.3. The zero-order valence-electron chi connectivity index (χ0n) is 11.8. The van der Waals surface area contributed by atoms with Gasteiger partial charge in [-0.2, -0.15) is 0 Å². The summed E-state index contributed by atoms with van der Waals surface area (Å²) in [4.78, 5) is 23.2. The fourth-order valence-corrected chi connectivity index (χ4v) is 1.46. The van der Waals surface area contributed by atoms with Crippen LogP contribution >= 0.6 is 0 Å². The zero-order valence-corrected chi connectivity index (χ0v) is 11.8. The van der Waals surface area contributed by atoms with Crippen molar-refractivity contribution in [3.8, 4) is 5.75 Å². The van der Waals surface area contributed by atoms with Crippen LogP contribution in [0.2, 0.25) is 0 Å². The predicted octanol–water partition coefficient (Wildman–Crippen LogP) is 0.679. The fourth-order valence-electron chi connectivity index (χ4n) is 1.46. The van der Waals surface area contributed by atoms with Crippen LogP contribution < -0.4 is 21.1 Å². The molecule has 0 aliphatic heterocycles. The van der Waals surface area contributed by atoms with Gasteiger partial charge < -0.3 is 21.1 Å². The van der Waals surface area contributed by atoms with Crippen LogP contribution in [0, 0.1) is 0 Å². The molecule has 0 fully saturated rings. The summed E-state index contributed by atoms with van der Waals surface area (Å²) in [6, 6.07) is 6.16. The molecule has 0 heterocycles. The molecule has 0 radical (unpaired) electrons. The van der Waals surface area contributed by atoms with E-state index in [1.54, 1.807) is 31.2 Å². The summed E-state index contributed by atoms with van der Waals surface area (Å²) in [5, 5.41) is 5.28. The van der Waals surface area contributed by atoms with Crippen LogP contribution in [0.15, 0.2) is 24.3 Å². The van der Waals surface area contributed by atoms with Crippen LogP contribution in [0.1, 0.15) is 20.3 Å². The Morgan fingerprint density at radius 2 is 1.95 bits per heavy atom. The lowest BCUT2D eigenvalue weighted by molar-refractivity contribution is -0.129. The van der Waals surface area contributed by atoms with Crippen LogP contribution in [-0.2, 0) is 9.59 Å². The normalized spacial score (nSPS) is 11.5. The second-order valence-electron chi connectivity index (χ2n) is 4.44. The largest absolute Gasteiger partial charge is 0.484 e. The van der Waals surface area contributed by atoms with Gasteiger partial charge in [0.1, 0.15) is 11.8 Å². The summed E-state index contributed by atoms with van der Waals surface area (Å²) >= 11 is 0. The molecule has 1 atom stereocenters. The Balaban J connectivity index is 2.32. The molecule has 6 nitrogen and oxygen atoms in total. The first kappa shape index (κ1) is 15.8. The van der Waals surface area contributed by atoms with Crippen molar-refractivity contribution in [3.63, 3.8) is 0 Å². The van der Waals surface area contributed by atoms with Crippen molar-refractivity contribution in [2.45, 2.75) is 26.3 Å². The summed E-state index contributed by atoms with van der Waals surface area (Å²) in [6.07, 6.45) is 0.854. The molecule has 0 aliphatic rings. The van der Waals surface area contributed by atoms with Crippen LogP contribution in [0.25, 0.3) is 0 Å². The number of benzene rings is 1. The predicted molar refractivity (Wildman–Crippen MR) is 77.3 cm³/mol. The smallest absolute Gasteiger partial charge is 0.258 e. The second-order valence-corrected chi connectivity index (χ2v) is 4.44. The van der Waals surface area contributed by atoms with Gasteiger partial charge in [-0.25, -0.2) is 0 Å². The highest BCUT2D eigenvalue weighted by Crippen LogP contribution is 2.12. The molecule has 1 aromatic rings. The lowest BCUT2D eigenvalue weighted by Crippen LogP contribution is -2.46. The van der Waals surface area contributed by atoms with E-state index in [0.717, 1.165) is 6.42 Å². The van der Waals surface area contributed by atoms with Crippen LogP contribution in [0.5, 0.6) is 5.75 Å². The molecule has 110 valence electrons. The van der Waals surface area contributed by atoms with Gasteiger partial charge in [0.05, 0.1) is 0 Å². The average molecular weight is 279 g/mol. The third-order valence-electron chi connectivity index (χ3n) is 2.57. The Morgan fingerprint density at radius 1 is 1.30 bits per heavy atom. The number of carbonyl (C=O) groups excluding carboxylic acids is 2. The van der Waals surface area contributed by atoms with Gasteiger partial charge >= 0.3 is 0 Å². The molecular formula is C14H21N3O3. The van der Waals surface area contributed by atoms with Gasteiger partial charge in [-0.1, -0.05) is 6.92 Å². The Morgan fingerprint density at radius 3 is 2.55 bits per heavy atom. The zero-order chi connectivity index (χ0) is 15.0. The van der Waals surface area contributed by atoms with Gasteiger partial charge in [0.15, 0.2) is 6.61 Å². The summed E-state index contributed by atoms with van der Waals surface area (Å²) in [5.41, 5.74) is 6.17. The van der Waals surface area contributed by atoms with Crippen LogP contribution in [0.4, 0.5) is 5.69 Å². The van der Waals surface area contributed by atoms with Gasteiger partial charge in [0.2, 0.25) is 5.91 Å². The van der Waals surface area contributed by atoms with Crippen LogP contribution in [-0.4, -0.2) is 31.0 Å². The van der Waals surface area contributed by atoms with Crippen molar-refractivity contribution < 1.29 is 14.3 Å². The number of nitrogens with two attached hydrogens (primary N) is 1. The minimum atomic E-state index is -0.580. The Hall–Kier alpha value is -2.24. The van der Waals surface area contributed by atoms with E-state index < -0.39 is 6.04 Å². The van der Waals surface area contributed by atoms with Crippen molar-refractivity contribution in [3.05, 3.63) is 24.3 Å². The van der Waals surface area contributed by atoms with Gasteiger partial charge in [-0.15, -0.1) is 0 Å². The van der Waals surface area contributed by atoms with Crippen molar-refractivity contribution >= 4 is 17.5 Å². The van der Waals surface area contributed by atoms with Gasteiger partial charge in [0, 0.05) is 12.2 Å². The maximum atomic E-state index is 11.6. The summed E-state index contributed by atoms with van der Waals surface area (Å²) < 4.78 is 5.29. The third kappa shape index (κ3) is 5.60. The van der Waals surface area contributed by atoms with Crippen LogP contribution in [0.3, 0.4) is 0 Å². The van der Waals surface area contributed by atoms with E-state index in [2.05, 4.69) is 10.6 Å². The van der Waals surface area contributed by atoms with E-state index in [4.69, 9.17) is 10.5 Å². The van der Waals surface area contributed by atoms with E-state index in [9.17, 15) is 9.59 Å². The highest BCUT2D eigenvalue weighted by molar-refractivity contribution is 5.87. The minimum Gasteiger partial charge on any atom is -0.484 e. The molecule has 0 aliphatic carbocycles. The lowest BCUT2D eigenvalue weighted by Gasteiger charge is -2.14. The number of hydrogen-bond acceptors (Lipinski definition) is 4. The first-order valence-corrected chi connectivity index (χ1v) is 6.58. The Bertz CT molecular complexity index is 445. The number of nitrogens with one attached hydrogen (secondary N) is 2. The molecule has 6 heteroatoms. The molecule has 1 unspecified atom stereocenters. The first-order valence-electron chi connectivity index (χ1n) is 6.58. The Labute approximate surface area is 118 Å². The quantitative estimate of drug-likeness (QED) is 0.640. The minimum absolute atomic E-state index is 0.144. The standard InChI is InChI=1S/C14H21N3O3/c1-3-8-16-14(19)10(2)17-13(18)9-20-12-6-4-11(15)5-7-12/h4-7,10H,3,8-9,15H2,1-2H3,(H,16,19)(H,17,18). The molecule has 0 saturated heterocycles. The number of amides is 2. The van der Waals surface area contributed by atoms with Crippen molar-refractivity contribution in [1.82, 2.24) is 10.6 Å². The van der Waals surface area contributed by atoms with E-state index in [-0.39, 0.29) is 18.4 Å². The average Bonchev–Trinajstić information content (AvgIpc) is 2.44. The van der Waals surface area contributed by atoms with Crippen molar-refractivity contribution in [1.29, 1.82) is 0 Å². The number of nitrogen functional groups attached to an aromatic ring is 1. The molecule has 0 spiro atoms. The maximum absolute atomic E-state index is 11.6.